The van der Waals surface area contributed by atoms with Gasteiger partial charge in [0.2, 0.25) is 0 Å². The van der Waals surface area contributed by atoms with Crippen molar-refractivity contribution in [3.63, 3.8) is 0 Å². The molecule has 0 saturated heterocycles. The summed E-state index contributed by atoms with van der Waals surface area (Å²) in [6.07, 6.45) is -0.801. The summed E-state index contributed by atoms with van der Waals surface area (Å²) in [6.45, 7) is 1.60. The molecule has 0 aliphatic carbocycles. The first kappa shape index (κ1) is 16.7. The number of fused-ring (bicyclic) bond motifs is 2. The van der Waals surface area contributed by atoms with Crippen LogP contribution in [-0.2, 0) is 4.74 Å². The number of pyridine rings is 1. The van der Waals surface area contributed by atoms with E-state index in [9.17, 15) is 14.4 Å². The minimum Gasteiger partial charge on any atom is -0.450 e. The van der Waals surface area contributed by atoms with E-state index in [1.54, 1.807) is 61.5 Å². The van der Waals surface area contributed by atoms with Gasteiger partial charge >= 0.3 is 5.97 Å². The molecule has 0 saturated carbocycles. The van der Waals surface area contributed by atoms with Crippen molar-refractivity contribution in [3.8, 4) is 0 Å². The molecule has 2 heterocycles. The van der Waals surface area contributed by atoms with E-state index in [1.807, 2.05) is 0 Å². The van der Waals surface area contributed by atoms with Crippen LogP contribution in [0.15, 0.2) is 64.2 Å². The number of benzene rings is 2. The first-order chi connectivity index (χ1) is 13.0. The lowest BCUT2D eigenvalue weighted by Gasteiger charge is -2.13. The molecule has 0 bridgehead atoms. The predicted molar refractivity (Wildman–Crippen MR) is 101 cm³/mol. The lowest BCUT2D eigenvalue weighted by atomic mass is 10.1. The maximum Gasteiger partial charge on any atom is 0.355 e. The highest BCUT2D eigenvalue weighted by Crippen LogP contribution is 2.17. The zero-order valence-electron chi connectivity index (χ0n) is 14.4. The van der Waals surface area contributed by atoms with Crippen molar-refractivity contribution in [3.05, 3.63) is 86.8 Å². The number of esters is 1. The van der Waals surface area contributed by atoms with Crippen LogP contribution in [0.4, 0.5) is 0 Å². The SMILES string of the molecule is C[C@H](OC(=O)c1cc2ccccc2c(=O)[nH]1)c1nc2ccccc2c(=O)[nH]1. The van der Waals surface area contributed by atoms with Crippen LogP contribution in [0.3, 0.4) is 0 Å². The van der Waals surface area contributed by atoms with E-state index >= 15 is 0 Å². The molecule has 0 unspecified atom stereocenters. The lowest BCUT2D eigenvalue weighted by molar-refractivity contribution is 0.0313. The van der Waals surface area contributed by atoms with E-state index in [-0.39, 0.29) is 22.6 Å². The number of rotatable bonds is 3. The number of ether oxygens (including phenoxy) is 1. The standard InChI is InChI=1S/C20H15N3O4/c1-11(17-21-15-9-5-4-8-14(15)19(25)23-17)27-20(26)16-10-12-6-2-3-7-13(12)18(24)22-16/h2-11H,1H3,(H,22,24)(H,21,23,25)/t11-/m0/s1. The molecule has 7 heteroatoms. The van der Waals surface area contributed by atoms with E-state index in [0.717, 1.165) is 0 Å². The molecule has 4 rings (SSSR count). The molecule has 2 aromatic carbocycles. The highest BCUT2D eigenvalue weighted by molar-refractivity contribution is 5.93. The maximum absolute atomic E-state index is 12.5. The van der Waals surface area contributed by atoms with Crippen LogP contribution in [0.2, 0.25) is 0 Å². The van der Waals surface area contributed by atoms with Gasteiger partial charge in [-0.3, -0.25) is 9.59 Å². The molecule has 2 aromatic heterocycles. The molecule has 0 radical (unpaired) electrons. The molecule has 4 aromatic rings. The van der Waals surface area contributed by atoms with Crippen molar-refractivity contribution in [1.82, 2.24) is 15.0 Å². The third-order valence-corrected chi connectivity index (χ3v) is 4.27. The second-order valence-corrected chi connectivity index (χ2v) is 6.12. The number of hydrogen-bond acceptors (Lipinski definition) is 5. The highest BCUT2D eigenvalue weighted by atomic mass is 16.5. The lowest BCUT2D eigenvalue weighted by Crippen LogP contribution is -2.19. The topological polar surface area (TPSA) is 105 Å². The van der Waals surface area contributed by atoms with E-state index < -0.39 is 12.1 Å². The average molecular weight is 361 g/mol. The number of para-hydroxylation sites is 1. The van der Waals surface area contributed by atoms with Gasteiger partial charge in [0, 0.05) is 5.39 Å². The molecular formula is C20H15N3O4. The summed E-state index contributed by atoms with van der Waals surface area (Å²) in [4.78, 5) is 46.3. The largest absolute Gasteiger partial charge is 0.450 e. The van der Waals surface area contributed by atoms with E-state index in [2.05, 4.69) is 15.0 Å². The minimum absolute atomic E-state index is 0.0358. The number of H-pyrrole nitrogens is 2. The first-order valence-electron chi connectivity index (χ1n) is 8.35. The van der Waals surface area contributed by atoms with Crippen molar-refractivity contribution >= 4 is 27.6 Å². The Balaban J connectivity index is 1.65. The van der Waals surface area contributed by atoms with Gasteiger partial charge in [-0.25, -0.2) is 9.78 Å². The van der Waals surface area contributed by atoms with Gasteiger partial charge in [0.1, 0.15) is 5.69 Å². The van der Waals surface area contributed by atoms with Gasteiger partial charge < -0.3 is 14.7 Å². The third-order valence-electron chi connectivity index (χ3n) is 4.27. The fourth-order valence-corrected chi connectivity index (χ4v) is 2.90. The molecule has 7 nitrogen and oxygen atoms in total. The van der Waals surface area contributed by atoms with E-state index in [0.29, 0.717) is 21.7 Å². The van der Waals surface area contributed by atoms with Crippen LogP contribution in [0, 0.1) is 0 Å². The molecule has 0 fully saturated rings. The Morgan fingerprint density at radius 3 is 2.44 bits per heavy atom. The van der Waals surface area contributed by atoms with Gasteiger partial charge in [-0.1, -0.05) is 30.3 Å². The monoisotopic (exact) mass is 361 g/mol. The van der Waals surface area contributed by atoms with Crippen molar-refractivity contribution in [1.29, 1.82) is 0 Å². The summed E-state index contributed by atoms with van der Waals surface area (Å²) in [5, 5.41) is 1.58. The van der Waals surface area contributed by atoms with E-state index in [1.165, 1.54) is 0 Å². The predicted octanol–water partition coefficient (Wildman–Crippen LogP) is 2.68. The van der Waals surface area contributed by atoms with Crippen LogP contribution in [-0.4, -0.2) is 20.9 Å². The zero-order chi connectivity index (χ0) is 19.0. The molecule has 0 spiro atoms. The average Bonchev–Trinajstić information content (AvgIpc) is 2.68. The van der Waals surface area contributed by atoms with Crippen LogP contribution in [0.5, 0.6) is 0 Å². The number of hydrogen-bond donors (Lipinski definition) is 2. The van der Waals surface area contributed by atoms with Gasteiger partial charge in [0.05, 0.1) is 10.9 Å². The number of nitrogens with zero attached hydrogens (tertiary/aromatic N) is 1. The minimum atomic E-state index is -0.801. The fraction of sp³-hybridized carbons (Fsp3) is 0.100. The first-order valence-corrected chi connectivity index (χ1v) is 8.35. The van der Waals surface area contributed by atoms with Crippen molar-refractivity contribution in [2.45, 2.75) is 13.0 Å². The van der Waals surface area contributed by atoms with Gasteiger partial charge in [-0.05, 0) is 36.6 Å². The smallest absolute Gasteiger partial charge is 0.355 e. The Morgan fingerprint density at radius 2 is 1.63 bits per heavy atom. The number of carbonyl (C=O) groups is 1. The molecule has 27 heavy (non-hydrogen) atoms. The molecule has 0 aliphatic rings. The summed E-state index contributed by atoms with van der Waals surface area (Å²) >= 11 is 0. The van der Waals surface area contributed by atoms with Crippen LogP contribution in [0.25, 0.3) is 21.7 Å². The molecule has 2 N–H and O–H groups in total. The third kappa shape index (κ3) is 3.10. The Hall–Kier alpha value is -3.74. The molecule has 0 aliphatic heterocycles. The summed E-state index contributed by atoms with van der Waals surface area (Å²) in [5.41, 5.74) is -0.130. The molecule has 134 valence electrons. The van der Waals surface area contributed by atoms with Crippen molar-refractivity contribution in [2.75, 3.05) is 0 Å². The van der Waals surface area contributed by atoms with E-state index in [4.69, 9.17) is 4.74 Å². The van der Waals surface area contributed by atoms with Gasteiger partial charge in [-0.15, -0.1) is 0 Å². The summed E-state index contributed by atoms with van der Waals surface area (Å²) < 4.78 is 5.39. The molecular weight excluding hydrogens is 346 g/mol. The van der Waals surface area contributed by atoms with Gasteiger partial charge in [0.25, 0.3) is 11.1 Å². The van der Waals surface area contributed by atoms with Crippen LogP contribution in [0.1, 0.15) is 29.3 Å². The zero-order valence-corrected chi connectivity index (χ0v) is 14.4. The molecule has 0 amide bonds. The highest BCUT2D eigenvalue weighted by Gasteiger charge is 2.18. The Bertz CT molecular complexity index is 1290. The number of nitrogens with one attached hydrogen (secondary N) is 2. The Morgan fingerprint density at radius 1 is 0.963 bits per heavy atom. The number of carbonyl (C=O) groups excluding carboxylic acids is 1. The quantitative estimate of drug-likeness (QED) is 0.546. The maximum atomic E-state index is 12.5. The normalized spacial score (nSPS) is 12.2. The summed E-state index contributed by atoms with van der Waals surface area (Å²) in [6, 6.07) is 15.4. The summed E-state index contributed by atoms with van der Waals surface area (Å²) in [5.74, 6) is -0.476. The fourth-order valence-electron chi connectivity index (χ4n) is 2.90. The van der Waals surface area contributed by atoms with Crippen LogP contribution < -0.4 is 11.1 Å². The van der Waals surface area contributed by atoms with Gasteiger partial charge in [-0.2, -0.15) is 0 Å². The second kappa shape index (κ2) is 6.53. The number of aromatic nitrogens is 3. The Kier molecular flexibility index (Phi) is 4.04. The Labute approximate surface area is 152 Å². The molecule has 1 atom stereocenters. The van der Waals surface area contributed by atoms with Crippen molar-refractivity contribution < 1.29 is 9.53 Å². The summed E-state index contributed by atoms with van der Waals surface area (Å²) in [7, 11) is 0. The van der Waals surface area contributed by atoms with Crippen LogP contribution >= 0.6 is 0 Å². The number of aromatic amines is 2. The second-order valence-electron chi connectivity index (χ2n) is 6.12. The van der Waals surface area contributed by atoms with Crippen molar-refractivity contribution in [2.24, 2.45) is 0 Å². The van der Waals surface area contributed by atoms with Gasteiger partial charge in [0.15, 0.2) is 11.9 Å².